The summed E-state index contributed by atoms with van der Waals surface area (Å²) < 4.78 is 15.1. The minimum Gasteiger partial charge on any atom is -0.507 e. The fourth-order valence-electron chi connectivity index (χ4n) is 2.82. The quantitative estimate of drug-likeness (QED) is 0.540. The van der Waals surface area contributed by atoms with Crippen LogP contribution in [0.15, 0.2) is 60.8 Å². The number of benzene rings is 2. The molecule has 0 aliphatic carbocycles. The Balaban J connectivity index is 2.04. The Labute approximate surface area is 147 Å². The number of fused-ring (bicyclic) bond motifs is 1. The van der Waals surface area contributed by atoms with Gasteiger partial charge in [-0.05, 0) is 42.5 Å². The first kappa shape index (κ1) is 15.5. The molecule has 4 rings (SSSR count). The zero-order valence-electron chi connectivity index (χ0n) is 12.8. The summed E-state index contributed by atoms with van der Waals surface area (Å²) in [5.41, 5.74) is 2.05. The SMILES string of the molecule is Oc1cc(F)ccc1-c1nc(-c2cc(Cl)ccc2O)n2ccccc12. The summed E-state index contributed by atoms with van der Waals surface area (Å²) in [5, 5.41) is 20.8. The average molecular weight is 355 g/mol. The van der Waals surface area contributed by atoms with Crippen molar-refractivity contribution in [3.8, 4) is 34.1 Å². The van der Waals surface area contributed by atoms with Gasteiger partial charge in [0.25, 0.3) is 0 Å². The van der Waals surface area contributed by atoms with Gasteiger partial charge in [-0.25, -0.2) is 9.37 Å². The van der Waals surface area contributed by atoms with Crippen LogP contribution in [0.25, 0.3) is 28.2 Å². The third-order valence-electron chi connectivity index (χ3n) is 3.96. The molecule has 6 heteroatoms. The molecule has 124 valence electrons. The Morgan fingerprint density at radius 2 is 1.76 bits per heavy atom. The number of nitrogens with zero attached hydrogens (tertiary/aromatic N) is 2. The van der Waals surface area contributed by atoms with E-state index in [1.54, 1.807) is 22.7 Å². The zero-order valence-corrected chi connectivity index (χ0v) is 13.6. The maximum atomic E-state index is 13.3. The first-order valence-corrected chi connectivity index (χ1v) is 7.87. The van der Waals surface area contributed by atoms with Gasteiger partial charge in [0.2, 0.25) is 0 Å². The maximum Gasteiger partial charge on any atom is 0.149 e. The number of pyridine rings is 1. The molecule has 0 spiro atoms. The summed E-state index contributed by atoms with van der Waals surface area (Å²) in [7, 11) is 0. The molecule has 0 saturated carbocycles. The number of aromatic nitrogens is 2. The number of aromatic hydroxyl groups is 2. The molecule has 2 N–H and O–H groups in total. The standard InChI is InChI=1S/C19H12ClFN2O2/c20-11-4-7-16(24)14(9-11)19-22-18(15-3-1-2-8-23(15)19)13-6-5-12(21)10-17(13)25/h1-10,24-25H. The molecule has 0 aliphatic rings. The van der Waals surface area contributed by atoms with Crippen LogP contribution in [-0.2, 0) is 0 Å². The second-order valence-electron chi connectivity index (χ2n) is 5.56. The fourth-order valence-corrected chi connectivity index (χ4v) is 2.99. The number of hydrogen-bond acceptors (Lipinski definition) is 3. The lowest BCUT2D eigenvalue weighted by atomic mass is 10.1. The van der Waals surface area contributed by atoms with Gasteiger partial charge in [-0.2, -0.15) is 0 Å². The fraction of sp³-hybridized carbons (Fsp3) is 0. The van der Waals surface area contributed by atoms with Crippen LogP contribution in [0.4, 0.5) is 4.39 Å². The summed E-state index contributed by atoms with van der Waals surface area (Å²) >= 11 is 6.05. The van der Waals surface area contributed by atoms with Crippen molar-refractivity contribution in [1.82, 2.24) is 9.38 Å². The predicted octanol–water partition coefficient (Wildman–Crippen LogP) is 4.87. The van der Waals surface area contributed by atoms with E-state index in [2.05, 4.69) is 4.98 Å². The minimum atomic E-state index is -0.530. The van der Waals surface area contributed by atoms with Gasteiger partial charge >= 0.3 is 0 Å². The van der Waals surface area contributed by atoms with Crippen LogP contribution in [0.3, 0.4) is 0 Å². The zero-order chi connectivity index (χ0) is 17.6. The molecular formula is C19H12ClFN2O2. The van der Waals surface area contributed by atoms with Gasteiger partial charge in [0, 0.05) is 22.8 Å². The van der Waals surface area contributed by atoms with Crippen molar-refractivity contribution in [3.63, 3.8) is 0 Å². The highest BCUT2D eigenvalue weighted by Gasteiger charge is 2.18. The van der Waals surface area contributed by atoms with E-state index in [-0.39, 0.29) is 11.5 Å². The second kappa shape index (κ2) is 5.79. The highest BCUT2D eigenvalue weighted by atomic mass is 35.5. The van der Waals surface area contributed by atoms with Crippen LogP contribution in [-0.4, -0.2) is 19.6 Å². The van der Waals surface area contributed by atoms with Gasteiger partial charge < -0.3 is 10.2 Å². The van der Waals surface area contributed by atoms with Crippen LogP contribution >= 0.6 is 11.6 Å². The lowest BCUT2D eigenvalue weighted by molar-refractivity contribution is 0.471. The molecule has 0 aliphatic heterocycles. The van der Waals surface area contributed by atoms with E-state index in [9.17, 15) is 14.6 Å². The second-order valence-corrected chi connectivity index (χ2v) is 6.00. The van der Waals surface area contributed by atoms with Crippen molar-refractivity contribution in [2.24, 2.45) is 0 Å². The molecule has 2 aromatic carbocycles. The lowest BCUT2D eigenvalue weighted by Gasteiger charge is -2.04. The number of rotatable bonds is 2. The van der Waals surface area contributed by atoms with Crippen LogP contribution in [0.5, 0.6) is 11.5 Å². The smallest absolute Gasteiger partial charge is 0.149 e. The minimum absolute atomic E-state index is 0.0371. The summed E-state index contributed by atoms with van der Waals surface area (Å²) in [5.74, 6) is -0.229. The van der Waals surface area contributed by atoms with Gasteiger partial charge in [0.15, 0.2) is 0 Å². The largest absolute Gasteiger partial charge is 0.507 e. The van der Waals surface area contributed by atoms with Crippen LogP contribution < -0.4 is 0 Å². The summed E-state index contributed by atoms with van der Waals surface area (Å²) in [6.07, 6.45) is 1.79. The summed E-state index contributed by atoms with van der Waals surface area (Å²) in [4.78, 5) is 4.58. The van der Waals surface area contributed by atoms with E-state index in [0.717, 1.165) is 6.07 Å². The molecule has 4 nitrogen and oxygen atoms in total. The van der Waals surface area contributed by atoms with Gasteiger partial charge in [-0.15, -0.1) is 0 Å². The van der Waals surface area contributed by atoms with E-state index < -0.39 is 5.82 Å². The molecule has 0 atom stereocenters. The molecular weight excluding hydrogens is 343 g/mol. The average Bonchev–Trinajstić information content (AvgIpc) is 2.96. The van der Waals surface area contributed by atoms with E-state index in [0.29, 0.717) is 33.2 Å². The Morgan fingerprint density at radius 3 is 2.56 bits per heavy atom. The monoisotopic (exact) mass is 354 g/mol. The molecule has 0 radical (unpaired) electrons. The van der Waals surface area contributed by atoms with Crippen molar-refractivity contribution in [2.45, 2.75) is 0 Å². The molecule has 0 amide bonds. The topological polar surface area (TPSA) is 57.8 Å². The predicted molar refractivity (Wildman–Crippen MR) is 94.4 cm³/mol. The molecule has 0 unspecified atom stereocenters. The molecule has 0 bridgehead atoms. The van der Waals surface area contributed by atoms with E-state index in [4.69, 9.17) is 11.6 Å². The van der Waals surface area contributed by atoms with Crippen LogP contribution in [0, 0.1) is 5.82 Å². The van der Waals surface area contributed by atoms with Crippen molar-refractivity contribution in [3.05, 3.63) is 71.6 Å². The molecule has 0 saturated heterocycles. The number of phenolic OH excluding ortho intramolecular Hbond substituents is 2. The molecule has 2 heterocycles. The van der Waals surface area contributed by atoms with Gasteiger partial charge in [-0.3, -0.25) is 4.40 Å². The summed E-state index contributed by atoms with van der Waals surface area (Å²) in [6, 6.07) is 14.0. The van der Waals surface area contributed by atoms with Gasteiger partial charge in [0.1, 0.15) is 28.8 Å². The van der Waals surface area contributed by atoms with Crippen molar-refractivity contribution in [2.75, 3.05) is 0 Å². The first-order valence-electron chi connectivity index (χ1n) is 7.49. The van der Waals surface area contributed by atoms with E-state index >= 15 is 0 Å². The van der Waals surface area contributed by atoms with E-state index in [1.807, 2.05) is 18.2 Å². The number of phenols is 2. The van der Waals surface area contributed by atoms with Crippen LogP contribution in [0.1, 0.15) is 0 Å². The van der Waals surface area contributed by atoms with Crippen LogP contribution in [0.2, 0.25) is 5.02 Å². The Kier molecular flexibility index (Phi) is 3.58. The Hall–Kier alpha value is -3.05. The Bertz CT molecular complexity index is 1110. The Morgan fingerprint density at radius 1 is 0.920 bits per heavy atom. The number of hydrogen-bond donors (Lipinski definition) is 2. The molecule has 25 heavy (non-hydrogen) atoms. The normalized spacial score (nSPS) is 11.1. The molecule has 2 aromatic heterocycles. The van der Waals surface area contributed by atoms with Crippen molar-refractivity contribution in [1.29, 1.82) is 0 Å². The lowest BCUT2D eigenvalue weighted by Crippen LogP contribution is -1.89. The van der Waals surface area contributed by atoms with Gasteiger partial charge in [0.05, 0.1) is 11.1 Å². The van der Waals surface area contributed by atoms with Crippen molar-refractivity contribution < 1.29 is 14.6 Å². The maximum absolute atomic E-state index is 13.3. The van der Waals surface area contributed by atoms with Gasteiger partial charge in [-0.1, -0.05) is 17.7 Å². The highest BCUT2D eigenvalue weighted by Crippen LogP contribution is 2.37. The highest BCUT2D eigenvalue weighted by molar-refractivity contribution is 6.30. The number of imidazole rings is 1. The summed E-state index contributed by atoms with van der Waals surface area (Å²) in [6.45, 7) is 0. The van der Waals surface area contributed by atoms with Crippen molar-refractivity contribution >= 4 is 17.1 Å². The first-order chi connectivity index (χ1) is 12.0. The third-order valence-corrected chi connectivity index (χ3v) is 4.20. The number of halogens is 2. The third kappa shape index (κ3) is 2.58. The van der Waals surface area contributed by atoms with E-state index in [1.165, 1.54) is 18.2 Å². The molecule has 0 fully saturated rings. The molecule has 4 aromatic rings.